The van der Waals surface area contributed by atoms with Gasteiger partial charge in [0.05, 0.1) is 6.54 Å². The van der Waals surface area contributed by atoms with Crippen LogP contribution in [0.4, 0.5) is 0 Å². The summed E-state index contributed by atoms with van der Waals surface area (Å²) in [5.41, 5.74) is 0. The minimum atomic E-state index is 0.282. The van der Waals surface area contributed by atoms with E-state index in [1.165, 1.54) is 0 Å². The molecule has 110 valence electrons. The number of likely N-dealkylation sites (tertiary alicyclic amines) is 1. The molecule has 2 fully saturated rings. The molecule has 2 aliphatic heterocycles. The number of nitrogens with one attached hydrogen (secondary N) is 1. The molecule has 0 bridgehead atoms. The molecule has 1 amide bonds. The summed E-state index contributed by atoms with van der Waals surface area (Å²) in [5.74, 6) is 1.76. The monoisotopic (exact) mass is 267 g/mol. The van der Waals surface area contributed by atoms with Crippen molar-refractivity contribution in [1.82, 2.24) is 15.1 Å². The Bertz CT molecular complexity index is 321. The SMILES string of the molecule is CC1C2CNCC2CN1CC(=O)N(C(C)C)C(C)C. The fourth-order valence-corrected chi connectivity index (χ4v) is 3.89. The van der Waals surface area contributed by atoms with Crippen LogP contribution in [0.1, 0.15) is 34.6 Å². The van der Waals surface area contributed by atoms with Crippen molar-refractivity contribution in [2.75, 3.05) is 26.2 Å². The van der Waals surface area contributed by atoms with E-state index in [1.807, 2.05) is 4.90 Å². The minimum Gasteiger partial charge on any atom is -0.337 e. The number of fused-ring (bicyclic) bond motifs is 1. The summed E-state index contributed by atoms with van der Waals surface area (Å²) in [5, 5.41) is 3.47. The summed E-state index contributed by atoms with van der Waals surface area (Å²) in [7, 11) is 0. The number of rotatable bonds is 4. The minimum absolute atomic E-state index is 0.282. The maximum atomic E-state index is 12.5. The Kier molecular flexibility index (Phi) is 4.51. The molecule has 4 nitrogen and oxygen atoms in total. The lowest BCUT2D eigenvalue weighted by molar-refractivity contribution is -0.136. The second-order valence-corrected chi connectivity index (χ2v) is 6.74. The van der Waals surface area contributed by atoms with Gasteiger partial charge in [0.15, 0.2) is 0 Å². The molecule has 2 rings (SSSR count). The van der Waals surface area contributed by atoms with Crippen molar-refractivity contribution in [2.24, 2.45) is 11.8 Å². The van der Waals surface area contributed by atoms with Crippen LogP contribution in [0.2, 0.25) is 0 Å². The maximum absolute atomic E-state index is 12.5. The van der Waals surface area contributed by atoms with E-state index < -0.39 is 0 Å². The van der Waals surface area contributed by atoms with Crippen molar-refractivity contribution >= 4 is 5.91 Å². The van der Waals surface area contributed by atoms with Crippen molar-refractivity contribution < 1.29 is 4.79 Å². The van der Waals surface area contributed by atoms with Crippen LogP contribution in [-0.4, -0.2) is 60.0 Å². The summed E-state index contributed by atoms with van der Waals surface area (Å²) >= 11 is 0. The maximum Gasteiger partial charge on any atom is 0.237 e. The number of amides is 1. The van der Waals surface area contributed by atoms with Gasteiger partial charge in [0.1, 0.15) is 0 Å². The lowest BCUT2D eigenvalue weighted by Gasteiger charge is -2.33. The Labute approximate surface area is 117 Å². The van der Waals surface area contributed by atoms with E-state index in [1.54, 1.807) is 0 Å². The number of carbonyl (C=O) groups is 1. The van der Waals surface area contributed by atoms with Crippen LogP contribution >= 0.6 is 0 Å². The molecule has 0 aromatic heterocycles. The molecule has 4 heteroatoms. The molecule has 19 heavy (non-hydrogen) atoms. The van der Waals surface area contributed by atoms with E-state index in [4.69, 9.17) is 0 Å². The molecule has 0 radical (unpaired) electrons. The second-order valence-electron chi connectivity index (χ2n) is 6.74. The highest BCUT2D eigenvalue weighted by molar-refractivity contribution is 5.79. The lowest BCUT2D eigenvalue weighted by atomic mass is 9.95. The smallest absolute Gasteiger partial charge is 0.237 e. The molecule has 0 aliphatic carbocycles. The van der Waals surface area contributed by atoms with Gasteiger partial charge in [-0.05, 0) is 59.5 Å². The Morgan fingerprint density at radius 1 is 1.26 bits per heavy atom. The first-order chi connectivity index (χ1) is 8.91. The molecule has 3 unspecified atom stereocenters. The zero-order chi connectivity index (χ0) is 14.2. The lowest BCUT2D eigenvalue weighted by Crippen LogP contribution is -2.48. The largest absolute Gasteiger partial charge is 0.337 e. The van der Waals surface area contributed by atoms with Gasteiger partial charge in [-0.25, -0.2) is 0 Å². The van der Waals surface area contributed by atoms with Crippen molar-refractivity contribution in [3.05, 3.63) is 0 Å². The van der Waals surface area contributed by atoms with Gasteiger partial charge >= 0.3 is 0 Å². The summed E-state index contributed by atoms with van der Waals surface area (Å²) in [4.78, 5) is 16.9. The summed E-state index contributed by atoms with van der Waals surface area (Å²) in [6, 6.07) is 1.10. The summed E-state index contributed by atoms with van der Waals surface area (Å²) in [6.07, 6.45) is 0. The molecule has 1 N–H and O–H groups in total. The fourth-order valence-electron chi connectivity index (χ4n) is 3.89. The van der Waals surface area contributed by atoms with E-state index in [0.29, 0.717) is 12.6 Å². The first-order valence-electron chi connectivity index (χ1n) is 7.67. The quantitative estimate of drug-likeness (QED) is 0.830. The zero-order valence-electron chi connectivity index (χ0n) is 13.0. The third-order valence-electron chi connectivity index (χ3n) is 4.80. The molecular weight excluding hydrogens is 238 g/mol. The molecule has 2 heterocycles. The average Bonchev–Trinajstić information content (AvgIpc) is 2.83. The predicted molar refractivity (Wildman–Crippen MR) is 78.0 cm³/mol. The van der Waals surface area contributed by atoms with Gasteiger partial charge in [-0.15, -0.1) is 0 Å². The Morgan fingerprint density at radius 3 is 2.42 bits per heavy atom. The van der Waals surface area contributed by atoms with Gasteiger partial charge in [0, 0.05) is 24.7 Å². The number of carbonyl (C=O) groups excluding carboxylic acids is 1. The Morgan fingerprint density at radius 2 is 1.89 bits per heavy atom. The van der Waals surface area contributed by atoms with E-state index >= 15 is 0 Å². The van der Waals surface area contributed by atoms with E-state index in [2.05, 4.69) is 44.8 Å². The van der Waals surface area contributed by atoms with Crippen LogP contribution in [0.15, 0.2) is 0 Å². The molecule has 2 saturated heterocycles. The van der Waals surface area contributed by atoms with Gasteiger partial charge in [0.25, 0.3) is 0 Å². The van der Waals surface area contributed by atoms with Gasteiger partial charge in [-0.1, -0.05) is 0 Å². The highest BCUT2D eigenvalue weighted by Crippen LogP contribution is 2.32. The molecule has 2 aliphatic rings. The summed E-state index contributed by atoms with van der Waals surface area (Å²) in [6.45, 7) is 14.6. The van der Waals surface area contributed by atoms with Crippen LogP contribution in [-0.2, 0) is 4.79 Å². The van der Waals surface area contributed by atoms with E-state index in [9.17, 15) is 4.79 Å². The van der Waals surface area contributed by atoms with Crippen LogP contribution in [0, 0.1) is 11.8 Å². The normalized spacial score (nSPS) is 31.2. The van der Waals surface area contributed by atoms with E-state index in [-0.39, 0.29) is 18.0 Å². The molecule has 0 spiro atoms. The van der Waals surface area contributed by atoms with Gasteiger partial charge in [-0.2, -0.15) is 0 Å². The molecule has 0 aromatic carbocycles. The van der Waals surface area contributed by atoms with Gasteiger partial charge in [0.2, 0.25) is 5.91 Å². The average molecular weight is 267 g/mol. The van der Waals surface area contributed by atoms with Gasteiger partial charge < -0.3 is 10.2 Å². The first-order valence-corrected chi connectivity index (χ1v) is 7.67. The zero-order valence-corrected chi connectivity index (χ0v) is 13.0. The molecular formula is C15H29N3O. The predicted octanol–water partition coefficient (Wildman–Crippen LogP) is 1.17. The van der Waals surface area contributed by atoms with Crippen molar-refractivity contribution in [1.29, 1.82) is 0 Å². The van der Waals surface area contributed by atoms with E-state index in [0.717, 1.165) is 31.5 Å². The molecule has 3 atom stereocenters. The van der Waals surface area contributed by atoms with Crippen molar-refractivity contribution in [2.45, 2.75) is 52.7 Å². The third kappa shape index (κ3) is 2.95. The van der Waals surface area contributed by atoms with Crippen LogP contribution < -0.4 is 5.32 Å². The Hall–Kier alpha value is -0.610. The van der Waals surface area contributed by atoms with Crippen LogP contribution in [0.3, 0.4) is 0 Å². The number of nitrogens with zero attached hydrogens (tertiary/aromatic N) is 2. The van der Waals surface area contributed by atoms with Crippen molar-refractivity contribution in [3.8, 4) is 0 Å². The highest BCUT2D eigenvalue weighted by Gasteiger charge is 2.42. The number of hydrogen-bond donors (Lipinski definition) is 1. The standard InChI is InChI=1S/C15H29N3O/c1-10(2)18(11(3)4)15(19)9-17-8-13-6-16-7-14(13)12(17)5/h10-14,16H,6-9H2,1-5H3. The highest BCUT2D eigenvalue weighted by atomic mass is 16.2. The molecule has 0 aromatic rings. The topological polar surface area (TPSA) is 35.6 Å². The van der Waals surface area contributed by atoms with Gasteiger partial charge in [-0.3, -0.25) is 9.69 Å². The second kappa shape index (κ2) is 5.80. The molecule has 0 saturated carbocycles. The first kappa shape index (κ1) is 14.8. The van der Waals surface area contributed by atoms with Crippen molar-refractivity contribution in [3.63, 3.8) is 0 Å². The van der Waals surface area contributed by atoms with Crippen LogP contribution in [0.25, 0.3) is 0 Å². The third-order valence-corrected chi connectivity index (χ3v) is 4.80. The number of hydrogen-bond acceptors (Lipinski definition) is 3. The fraction of sp³-hybridized carbons (Fsp3) is 0.933. The summed E-state index contributed by atoms with van der Waals surface area (Å²) < 4.78 is 0. The van der Waals surface area contributed by atoms with Crippen LogP contribution in [0.5, 0.6) is 0 Å². The Balaban J connectivity index is 1.96.